The topological polar surface area (TPSA) is 80.3 Å². The van der Waals surface area contributed by atoms with Gasteiger partial charge in [0.1, 0.15) is 11.9 Å². The molecule has 10 heteroatoms. The molecule has 1 aliphatic heterocycles. The number of thiophene rings is 1. The Balaban J connectivity index is 1.37. The first kappa shape index (κ1) is 20.5. The third-order valence-electron chi connectivity index (χ3n) is 5.56. The SMILES string of the molecule is O=C(c1ccco1)N1CCN(C(c2cccs2)c2nnnn2Cc2ccc(F)cc2)CC1. The third kappa shape index (κ3) is 4.19. The van der Waals surface area contributed by atoms with E-state index in [1.807, 2.05) is 16.3 Å². The number of carbonyl (C=O) groups excluding carboxylic acids is 1. The summed E-state index contributed by atoms with van der Waals surface area (Å²) in [7, 11) is 0. The summed E-state index contributed by atoms with van der Waals surface area (Å²) in [4.78, 5) is 17.9. The van der Waals surface area contributed by atoms with Crippen LogP contribution >= 0.6 is 11.3 Å². The van der Waals surface area contributed by atoms with E-state index in [4.69, 9.17) is 4.42 Å². The molecule has 1 atom stereocenters. The Bertz CT molecular complexity index is 1150. The Morgan fingerprint density at radius 1 is 1.09 bits per heavy atom. The molecule has 3 aromatic heterocycles. The molecule has 8 nitrogen and oxygen atoms in total. The van der Waals surface area contributed by atoms with Crippen molar-refractivity contribution in [3.8, 4) is 0 Å². The number of carbonyl (C=O) groups is 1. The van der Waals surface area contributed by atoms with Gasteiger partial charge in [0.2, 0.25) is 0 Å². The number of amides is 1. The summed E-state index contributed by atoms with van der Waals surface area (Å²) in [6, 6.07) is 13.7. The number of tetrazole rings is 1. The van der Waals surface area contributed by atoms with Crippen LogP contribution in [0.2, 0.25) is 0 Å². The Morgan fingerprint density at radius 3 is 2.59 bits per heavy atom. The third-order valence-corrected chi connectivity index (χ3v) is 6.49. The summed E-state index contributed by atoms with van der Waals surface area (Å²) in [6.45, 7) is 2.97. The van der Waals surface area contributed by atoms with Gasteiger partial charge in [-0.25, -0.2) is 9.07 Å². The molecular weight excluding hydrogens is 431 g/mol. The van der Waals surface area contributed by atoms with Gasteiger partial charge < -0.3 is 9.32 Å². The van der Waals surface area contributed by atoms with Crippen molar-refractivity contribution >= 4 is 17.2 Å². The highest BCUT2D eigenvalue weighted by molar-refractivity contribution is 7.10. The van der Waals surface area contributed by atoms with Crippen LogP contribution in [0.1, 0.15) is 32.9 Å². The molecule has 0 N–H and O–H groups in total. The van der Waals surface area contributed by atoms with E-state index in [0.29, 0.717) is 38.5 Å². The van der Waals surface area contributed by atoms with Crippen molar-refractivity contribution in [2.45, 2.75) is 12.6 Å². The normalized spacial score (nSPS) is 15.7. The van der Waals surface area contributed by atoms with Crippen LogP contribution in [0.4, 0.5) is 4.39 Å². The second-order valence-corrected chi connectivity index (χ2v) is 8.52. The van der Waals surface area contributed by atoms with Crippen molar-refractivity contribution in [1.82, 2.24) is 30.0 Å². The molecule has 1 unspecified atom stereocenters. The molecular formula is C22H21FN6O2S. The molecule has 1 aliphatic rings. The number of rotatable bonds is 6. The Kier molecular flexibility index (Phi) is 5.78. The molecule has 0 aliphatic carbocycles. The van der Waals surface area contributed by atoms with Crippen LogP contribution in [0.25, 0.3) is 0 Å². The van der Waals surface area contributed by atoms with Crippen LogP contribution in [-0.4, -0.2) is 62.1 Å². The van der Waals surface area contributed by atoms with E-state index in [2.05, 4.69) is 26.5 Å². The number of hydrogen-bond donors (Lipinski definition) is 0. The number of piperazine rings is 1. The largest absolute Gasteiger partial charge is 0.459 e. The number of nitrogens with zero attached hydrogens (tertiary/aromatic N) is 6. The van der Waals surface area contributed by atoms with Gasteiger partial charge in [-0.15, -0.1) is 16.4 Å². The van der Waals surface area contributed by atoms with Gasteiger partial charge in [-0.1, -0.05) is 18.2 Å². The summed E-state index contributed by atoms with van der Waals surface area (Å²) < 4.78 is 20.3. The van der Waals surface area contributed by atoms with Gasteiger partial charge in [0.15, 0.2) is 11.6 Å². The Morgan fingerprint density at radius 2 is 1.91 bits per heavy atom. The zero-order chi connectivity index (χ0) is 21.9. The van der Waals surface area contributed by atoms with Crippen molar-refractivity contribution < 1.29 is 13.6 Å². The number of halogens is 1. The molecule has 1 aromatic carbocycles. The smallest absolute Gasteiger partial charge is 0.289 e. The summed E-state index contributed by atoms with van der Waals surface area (Å²) in [5.74, 6) is 0.715. The lowest BCUT2D eigenvalue weighted by molar-refractivity contribution is 0.0562. The number of furan rings is 1. The van der Waals surface area contributed by atoms with Crippen molar-refractivity contribution in [2.24, 2.45) is 0 Å². The van der Waals surface area contributed by atoms with Gasteiger partial charge in [-0.2, -0.15) is 0 Å². The Hall–Kier alpha value is -3.37. The monoisotopic (exact) mass is 452 g/mol. The van der Waals surface area contributed by atoms with E-state index in [-0.39, 0.29) is 17.8 Å². The van der Waals surface area contributed by atoms with Crippen LogP contribution in [0, 0.1) is 5.82 Å². The van der Waals surface area contributed by atoms with Gasteiger partial charge in [0.25, 0.3) is 5.91 Å². The molecule has 4 aromatic rings. The minimum absolute atomic E-state index is 0.0940. The van der Waals surface area contributed by atoms with Gasteiger partial charge in [0.05, 0.1) is 12.8 Å². The first-order chi connectivity index (χ1) is 15.7. The van der Waals surface area contributed by atoms with Crippen molar-refractivity contribution in [3.63, 3.8) is 0 Å². The Labute approximate surface area is 187 Å². The highest BCUT2D eigenvalue weighted by Gasteiger charge is 2.33. The van der Waals surface area contributed by atoms with Gasteiger partial charge >= 0.3 is 0 Å². The lowest BCUT2D eigenvalue weighted by Gasteiger charge is -2.38. The average molecular weight is 453 g/mol. The van der Waals surface area contributed by atoms with Crippen LogP contribution in [0.3, 0.4) is 0 Å². The van der Waals surface area contributed by atoms with E-state index in [9.17, 15) is 9.18 Å². The molecule has 0 bridgehead atoms. The minimum atomic E-state index is -0.274. The zero-order valence-corrected chi connectivity index (χ0v) is 18.0. The molecule has 5 rings (SSSR count). The second kappa shape index (κ2) is 9.01. The molecule has 0 radical (unpaired) electrons. The maximum absolute atomic E-state index is 13.3. The lowest BCUT2D eigenvalue weighted by atomic mass is 10.1. The van der Waals surface area contributed by atoms with E-state index in [0.717, 1.165) is 16.3 Å². The lowest BCUT2D eigenvalue weighted by Crippen LogP contribution is -2.50. The van der Waals surface area contributed by atoms with Crippen molar-refractivity contribution in [3.05, 3.63) is 88.0 Å². The fourth-order valence-corrected chi connectivity index (χ4v) is 4.79. The highest BCUT2D eigenvalue weighted by Crippen LogP contribution is 2.31. The predicted octanol–water partition coefficient (Wildman–Crippen LogP) is 3.06. The first-order valence-corrected chi connectivity index (χ1v) is 11.2. The molecule has 1 saturated heterocycles. The molecule has 0 saturated carbocycles. The maximum Gasteiger partial charge on any atom is 0.289 e. The maximum atomic E-state index is 13.3. The van der Waals surface area contributed by atoms with E-state index in [1.54, 1.807) is 40.3 Å². The standard InChI is InChI=1S/C22H21FN6O2S/c23-17-7-5-16(6-8-17)15-29-21(24-25-26-29)20(19-4-2-14-32-19)27-9-11-28(12-10-27)22(30)18-3-1-13-31-18/h1-8,13-14,20H,9-12,15H2. The van der Waals surface area contributed by atoms with Gasteiger partial charge in [-0.3, -0.25) is 9.69 Å². The minimum Gasteiger partial charge on any atom is -0.459 e. The van der Waals surface area contributed by atoms with Crippen LogP contribution in [-0.2, 0) is 6.54 Å². The van der Waals surface area contributed by atoms with Crippen LogP contribution < -0.4 is 0 Å². The summed E-state index contributed by atoms with van der Waals surface area (Å²) >= 11 is 1.65. The van der Waals surface area contributed by atoms with Crippen molar-refractivity contribution in [2.75, 3.05) is 26.2 Å². The fraction of sp³-hybridized carbons (Fsp3) is 0.273. The average Bonchev–Trinajstić information content (AvgIpc) is 3.60. The molecule has 1 amide bonds. The highest BCUT2D eigenvalue weighted by atomic mass is 32.1. The van der Waals surface area contributed by atoms with Crippen LogP contribution in [0.5, 0.6) is 0 Å². The summed E-state index contributed by atoms with van der Waals surface area (Å²) in [6.07, 6.45) is 1.51. The molecule has 1 fully saturated rings. The van der Waals surface area contributed by atoms with Crippen molar-refractivity contribution in [1.29, 1.82) is 0 Å². The van der Waals surface area contributed by atoms with Crippen LogP contribution in [0.15, 0.2) is 64.6 Å². The van der Waals surface area contributed by atoms with Gasteiger partial charge in [-0.05, 0) is 51.7 Å². The molecule has 164 valence electrons. The zero-order valence-electron chi connectivity index (χ0n) is 17.2. The van der Waals surface area contributed by atoms with E-state index < -0.39 is 0 Å². The summed E-state index contributed by atoms with van der Waals surface area (Å²) in [5.41, 5.74) is 0.916. The molecule has 0 spiro atoms. The number of benzene rings is 1. The molecule has 32 heavy (non-hydrogen) atoms. The number of hydrogen-bond acceptors (Lipinski definition) is 7. The number of aromatic nitrogens is 4. The summed E-state index contributed by atoms with van der Waals surface area (Å²) in [5, 5.41) is 14.5. The van der Waals surface area contributed by atoms with Gasteiger partial charge in [0, 0.05) is 31.1 Å². The quantitative estimate of drug-likeness (QED) is 0.447. The fourth-order valence-electron chi connectivity index (χ4n) is 3.94. The predicted molar refractivity (Wildman–Crippen MR) is 116 cm³/mol. The molecule has 4 heterocycles. The second-order valence-electron chi connectivity index (χ2n) is 7.54. The van der Waals surface area contributed by atoms with E-state index in [1.165, 1.54) is 18.4 Å². The first-order valence-electron chi connectivity index (χ1n) is 10.3. The van der Waals surface area contributed by atoms with E-state index >= 15 is 0 Å².